The summed E-state index contributed by atoms with van der Waals surface area (Å²) in [5.41, 5.74) is -1.15. The fourth-order valence-electron chi connectivity index (χ4n) is 2.41. The van der Waals surface area contributed by atoms with Crippen molar-refractivity contribution in [3.05, 3.63) is 82.4 Å². The second-order valence-electron chi connectivity index (χ2n) is 5.87. The van der Waals surface area contributed by atoms with Crippen LogP contribution in [0.25, 0.3) is 0 Å². The predicted molar refractivity (Wildman–Crippen MR) is 104 cm³/mol. The highest BCUT2D eigenvalue weighted by atomic mass is 32.2. The van der Waals surface area contributed by atoms with Crippen LogP contribution in [0.5, 0.6) is 5.75 Å². The van der Waals surface area contributed by atoms with Gasteiger partial charge in [-0.25, -0.2) is 12.8 Å². The number of carbonyl (C=O) groups excluding carboxylic acids is 1. The Balaban J connectivity index is 1.94. The molecule has 0 saturated carbocycles. The lowest BCUT2D eigenvalue weighted by molar-refractivity contribution is -0.386. The van der Waals surface area contributed by atoms with Gasteiger partial charge in [0.1, 0.15) is 11.5 Å². The van der Waals surface area contributed by atoms with E-state index >= 15 is 0 Å². The van der Waals surface area contributed by atoms with Gasteiger partial charge in [0.15, 0.2) is 5.75 Å². The normalized spacial score (nSPS) is 11.0. The number of sulfonamides is 1. The summed E-state index contributed by atoms with van der Waals surface area (Å²) in [5, 5.41) is 22.9. The molecule has 3 N–H and O–H groups in total. The van der Waals surface area contributed by atoms with Gasteiger partial charge in [0, 0.05) is 18.3 Å². The van der Waals surface area contributed by atoms with Crippen LogP contribution in [0.4, 0.5) is 21.5 Å². The number of aromatic hydroxyl groups is 1. The van der Waals surface area contributed by atoms with E-state index in [1.54, 1.807) is 12.1 Å². The number of amides is 1. The summed E-state index contributed by atoms with van der Waals surface area (Å²) in [6.07, 6.45) is 1.39. The summed E-state index contributed by atoms with van der Waals surface area (Å²) in [6, 6.07) is 10.0. The van der Waals surface area contributed by atoms with Crippen molar-refractivity contribution < 1.29 is 27.6 Å². The number of anilines is 2. The number of carbonyl (C=O) groups is 1. The molecule has 0 aliphatic rings. The average Bonchev–Trinajstić information content (AvgIpc) is 2.70. The largest absolute Gasteiger partial charge is 0.502 e. The van der Waals surface area contributed by atoms with Gasteiger partial charge in [0.2, 0.25) is 0 Å². The molecule has 3 aromatic rings. The van der Waals surface area contributed by atoms with E-state index in [0.717, 1.165) is 30.3 Å². The van der Waals surface area contributed by atoms with E-state index in [9.17, 15) is 32.8 Å². The highest BCUT2D eigenvalue weighted by Gasteiger charge is 2.23. The van der Waals surface area contributed by atoms with Crippen molar-refractivity contribution in [1.82, 2.24) is 4.98 Å². The number of aromatic nitrogens is 1. The lowest BCUT2D eigenvalue weighted by atomic mass is 10.2. The first-order valence-corrected chi connectivity index (χ1v) is 9.68. The second-order valence-corrected chi connectivity index (χ2v) is 7.55. The molecule has 0 aliphatic carbocycles. The molecule has 2 aromatic carbocycles. The van der Waals surface area contributed by atoms with Crippen LogP contribution >= 0.6 is 0 Å². The third kappa shape index (κ3) is 4.50. The Morgan fingerprint density at radius 3 is 2.53 bits per heavy atom. The van der Waals surface area contributed by atoms with Crippen LogP contribution in [0, 0.1) is 15.9 Å². The third-order valence-electron chi connectivity index (χ3n) is 3.83. The summed E-state index contributed by atoms with van der Waals surface area (Å²) in [6.45, 7) is 0. The Bertz CT molecular complexity index is 1230. The fraction of sp³-hybridized carbons (Fsp3) is 0. The van der Waals surface area contributed by atoms with Crippen LogP contribution in [-0.4, -0.2) is 29.3 Å². The first kappa shape index (κ1) is 20.7. The van der Waals surface area contributed by atoms with E-state index in [-0.39, 0.29) is 17.1 Å². The molecule has 1 aromatic heterocycles. The SMILES string of the molecule is O=C(Nc1ccc(F)cc1NS(=O)(=O)c1ccc(O)c([N+](=O)[O-])c1)c1ccccn1. The van der Waals surface area contributed by atoms with Crippen molar-refractivity contribution in [2.45, 2.75) is 4.90 Å². The quantitative estimate of drug-likeness (QED) is 0.400. The minimum Gasteiger partial charge on any atom is -0.502 e. The Morgan fingerprint density at radius 1 is 1.10 bits per heavy atom. The van der Waals surface area contributed by atoms with E-state index in [1.807, 2.05) is 0 Å². The van der Waals surface area contributed by atoms with Gasteiger partial charge in [-0.2, -0.15) is 0 Å². The van der Waals surface area contributed by atoms with Crippen LogP contribution in [0.15, 0.2) is 65.7 Å². The zero-order valence-corrected chi connectivity index (χ0v) is 15.8. The first-order chi connectivity index (χ1) is 14.2. The number of hydrogen-bond donors (Lipinski definition) is 3. The number of hydrogen-bond acceptors (Lipinski definition) is 7. The number of benzene rings is 2. The van der Waals surface area contributed by atoms with Gasteiger partial charge < -0.3 is 10.4 Å². The molecule has 0 aliphatic heterocycles. The number of nitrogens with one attached hydrogen (secondary N) is 2. The number of halogens is 1. The number of rotatable bonds is 6. The lowest BCUT2D eigenvalue weighted by Gasteiger charge is -2.14. The Morgan fingerprint density at radius 2 is 1.87 bits per heavy atom. The molecular formula is C18H13FN4O6S. The zero-order valence-electron chi connectivity index (χ0n) is 14.9. The summed E-state index contributed by atoms with van der Waals surface area (Å²) < 4.78 is 41.1. The number of nitrogens with zero attached hydrogens (tertiary/aromatic N) is 2. The van der Waals surface area contributed by atoms with E-state index in [1.165, 1.54) is 12.3 Å². The monoisotopic (exact) mass is 432 g/mol. The Hall–Kier alpha value is -4.06. The molecule has 30 heavy (non-hydrogen) atoms. The van der Waals surface area contributed by atoms with Crippen molar-refractivity contribution in [2.75, 3.05) is 10.0 Å². The molecule has 1 heterocycles. The van der Waals surface area contributed by atoms with E-state index in [4.69, 9.17) is 0 Å². The van der Waals surface area contributed by atoms with Gasteiger partial charge >= 0.3 is 5.69 Å². The summed E-state index contributed by atoms with van der Waals surface area (Å²) in [7, 11) is -4.42. The van der Waals surface area contributed by atoms with Crippen LogP contribution in [0.1, 0.15) is 10.5 Å². The molecule has 0 spiro atoms. The molecule has 0 radical (unpaired) electrons. The molecule has 1 amide bonds. The van der Waals surface area contributed by atoms with Crippen LogP contribution < -0.4 is 10.0 Å². The maximum Gasteiger partial charge on any atom is 0.312 e. The number of nitro groups is 1. The van der Waals surface area contributed by atoms with Gasteiger partial charge in [-0.15, -0.1) is 0 Å². The molecule has 0 unspecified atom stereocenters. The number of phenols is 1. The van der Waals surface area contributed by atoms with Crippen molar-refractivity contribution >= 4 is 33.0 Å². The third-order valence-corrected chi connectivity index (χ3v) is 5.19. The number of pyridine rings is 1. The molecule has 12 heteroatoms. The first-order valence-electron chi connectivity index (χ1n) is 8.19. The Kier molecular flexibility index (Phi) is 5.60. The summed E-state index contributed by atoms with van der Waals surface area (Å²) >= 11 is 0. The van der Waals surface area contributed by atoms with E-state index in [2.05, 4.69) is 15.0 Å². The highest BCUT2D eigenvalue weighted by molar-refractivity contribution is 7.92. The molecule has 0 fully saturated rings. The fourth-order valence-corrected chi connectivity index (χ4v) is 3.50. The van der Waals surface area contributed by atoms with E-state index in [0.29, 0.717) is 6.07 Å². The van der Waals surface area contributed by atoms with Gasteiger partial charge in [0.25, 0.3) is 15.9 Å². The molecule has 0 atom stereocenters. The maximum atomic E-state index is 13.7. The van der Waals surface area contributed by atoms with Crippen LogP contribution in [-0.2, 0) is 10.0 Å². The summed E-state index contributed by atoms with van der Waals surface area (Å²) in [5.74, 6) is -2.17. The van der Waals surface area contributed by atoms with E-state index < -0.39 is 43.0 Å². The van der Waals surface area contributed by atoms with Gasteiger partial charge in [-0.1, -0.05) is 6.07 Å². The van der Waals surface area contributed by atoms with Gasteiger partial charge in [-0.05, 0) is 36.4 Å². The molecule has 3 rings (SSSR count). The summed E-state index contributed by atoms with van der Waals surface area (Å²) in [4.78, 5) is 25.6. The van der Waals surface area contributed by atoms with Crippen molar-refractivity contribution in [3.63, 3.8) is 0 Å². The molecule has 154 valence electrons. The molecular weight excluding hydrogens is 419 g/mol. The van der Waals surface area contributed by atoms with Crippen molar-refractivity contribution in [3.8, 4) is 5.75 Å². The number of nitro benzene ring substituents is 1. The smallest absolute Gasteiger partial charge is 0.312 e. The minimum atomic E-state index is -4.42. The van der Waals surface area contributed by atoms with Crippen molar-refractivity contribution in [2.24, 2.45) is 0 Å². The van der Waals surface area contributed by atoms with Gasteiger partial charge in [-0.3, -0.25) is 24.6 Å². The predicted octanol–water partition coefficient (Wildman–Crippen LogP) is 2.89. The lowest BCUT2D eigenvalue weighted by Crippen LogP contribution is -2.18. The number of phenolic OH excluding ortho intramolecular Hbond substituents is 1. The molecule has 0 bridgehead atoms. The van der Waals surface area contributed by atoms with Crippen molar-refractivity contribution in [1.29, 1.82) is 0 Å². The van der Waals surface area contributed by atoms with Gasteiger partial charge in [0.05, 0.1) is 21.2 Å². The molecule has 10 nitrogen and oxygen atoms in total. The topological polar surface area (TPSA) is 152 Å². The zero-order chi connectivity index (χ0) is 21.9. The van der Waals surface area contributed by atoms with Crippen LogP contribution in [0.3, 0.4) is 0 Å². The molecule has 0 saturated heterocycles. The van der Waals surface area contributed by atoms with Crippen LogP contribution in [0.2, 0.25) is 0 Å². The minimum absolute atomic E-state index is 0.0461. The highest BCUT2D eigenvalue weighted by Crippen LogP contribution is 2.31. The maximum absolute atomic E-state index is 13.7. The standard InChI is InChI=1S/C18H13FN4O6S/c19-11-4-6-13(21-18(25)14-3-1-2-8-20-14)15(9-11)22-30(28,29)12-5-7-17(24)16(10-12)23(26)27/h1-10,22,24H,(H,21,25). The Labute approximate surface area is 169 Å². The second kappa shape index (κ2) is 8.13. The average molecular weight is 432 g/mol.